The number of amides is 1. The van der Waals surface area contributed by atoms with Crippen molar-refractivity contribution in [2.45, 2.75) is 51.4 Å². The van der Waals surface area contributed by atoms with Crippen LogP contribution < -0.4 is 11.0 Å². The molecule has 0 unspecified atom stereocenters. The Bertz CT molecular complexity index is 1140. The van der Waals surface area contributed by atoms with Gasteiger partial charge in [-0.25, -0.2) is 4.79 Å². The summed E-state index contributed by atoms with van der Waals surface area (Å²) in [4.78, 5) is 27.8. The number of H-pyrrole nitrogens is 1. The van der Waals surface area contributed by atoms with Crippen LogP contribution in [0.25, 0.3) is 11.0 Å². The predicted molar refractivity (Wildman–Crippen MR) is 112 cm³/mol. The summed E-state index contributed by atoms with van der Waals surface area (Å²) in [6.07, 6.45) is 1.34. The van der Waals surface area contributed by atoms with Gasteiger partial charge in [0.25, 0.3) is 5.91 Å². The number of rotatable bonds is 5. The number of carbonyl (C=O) groups excluding carboxylic acids is 1. The number of hydrogen-bond acceptors (Lipinski definition) is 2. The van der Waals surface area contributed by atoms with Crippen molar-refractivity contribution >= 4 is 16.9 Å². The molecule has 0 radical (unpaired) electrons. The number of halogens is 3. The molecule has 1 saturated carbocycles. The highest BCUT2D eigenvalue weighted by Gasteiger charge is 2.32. The molecule has 31 heavy (non-hydrogen) atoms. The lowest BCUT2D eigenvalue weighted by Crippen LogP contribution is -2.24. The number of carbonyl (C=O) groups is 1. The van der Waals surface area contributed by atoms with Gasteiger partial charge >= 0.3 is 11.9 Å². The van der Waals surface area contributed by atoms with E-state index in [1.165, 1.54) is 37.5 Å². The van der Waals surface area contributed by atoms with Crippen molar-refractivity contribution in [3.05, 3.63) is 69.6 Å². The second kappa shape index (κ2) is 8.61. The fraction of sp³-hybridized carbons (Fsp3) is 0.391. The van der Waals surface area contributed by atoms with Crippen LogP contribution in [-0.2, 0) is 19.3 Å². The van der Waals surface area contributed by atoms with E-state index in [1.54, 1.807) is 22.8 Å². The van der Waals surface area contributed by atoms with Gasteiger partial charge < -0.3 is 10.3 Å². The van der Waals surface area contributed by atoms with Crippen molar-refractivity contribution in [2.24, 2.45) is 5.92 Å². The van der Waals surface area contributed by atoms with Crippen molar-refractivity contribution in [3.8, 4) is 0 Å². The fourth-order valence-corrected chi connectivity index (χ4v) is 4.34. The average Bonchev–Trinajstić information content (AvgIpc) is 3.06. The Kier molecular flexibility index (Phi) is 5.89. The molecule has 1 amide bonds. The number of aromatic nitrogens is 2. The monoisotopic (exact) mass is 431 g/mol. The van der Waals surface area contributed by atoms with Crippen molar-refractivity contribution in [1.82, 2.24) is 14.9 Å². The summed E-state index contributed by atoms with van der Waals surface area (Å²) in [5, 5.41) is 2.54. The molecule has 0 aliphatic heterocycles. The minimum absolute atomic E-state index is 0.00327. The minimum atomic E-state index is -4.49. The Morgan fingerprint density at radius 2 is 1.84 bits per heavy atom. The van der Waals surface area contributed by atoms with Gasteiger partial charge in [0.1, 0.15) is 0 Å². The number of nitrogens with one attached hydrogen (secondary N) is 2. The maximum atomic E-state index is 13.1. The third-order valence-corrected chi connectivity index (χ3v) is 5.96. The zero-order valence-electron chi connectivity index (χ0n) is 17.0. The van der Waals surface area contributed by atoms with Crippen molar-refractivity contribution in [2.75, 3.05) is 0 Å². The molecule has 2 N–H and O–H groups in total. The molecule has 1 fully saturated rings. The molecule has 0 bridgehead atoms. The molecule has 8 heteroatoms. The van der Waals surface area contributed by atoms with E-state index in [0.717, 1.165) is 24.4 Å². The van der Waals surface area contributed by atoms with E-state index >= 15 is 0 Å². The SMILES string of the molecule is O=C(NCc1ccccc1C(F)(F)F)c1ccc2c(c1)[nH]c(=O)n2CC1CCCCC1. The van der Waals surface area contributed by atoms with Crippen molar-refractivity contribution < 1.29 is 18.0 Å². The summed E-state index contributed by atoms with van der Waals surface area (Å²) >= 11 is 0. The Morgan fingerprint density at radius 1 is 1.10 bits per heavy atom. The number of imidazole rings is 1. The highest BCUT2D eigenvalue weighted by molar-refractivity contribution is 5.97. The second-order valence-corrected chi connectivity index (χ2v) is 8.11. The van der Waals surface area contributed by atoms with Gasteiger partial charge in [0.15, 0.2) is 0 Å². The number of aromatic amines is 1. The van der Waals surface area contributed by atoms with Gasteiger partial charge in [0, 0.05) is 18.7 Å². The summed E-state index contributed by atoms with van der Waals surface area (Å²) in [5.41, 5.74) is 0.574. The smallest absolute Gasteiger partial charge is 0.348 e. The zero-order chi connectivity index (χ0) is 22.0. The summed E-state index contributed by atoms with van der Waals surface area (Å²) in [7, 11) is 0. The van der Waals surface area contributed by atoms with Crippen LogP contribution in [0.2, 0.25) is 0 Å². The topological polar surface area (TPSA) is 66.9 Å². The summed E-state index contributed by atoms with van der Waals surface area (Å²) in [6.45, 7) is 0.407. The third-order valence-electron chi connectivity index (χ3n) is 5.96. The first-order valence-corrected chi connectivity index (χ1v) is 10.5. The molecule has 0 spiro atoms. The molecule has 1 heterocycles. The number of nitrogens with zero attached hydrogens (tertiary/aromatic N) is 1. The molecule has 0 saturated heterocycles. The van der Waals surface area contributed by atoms with Gasteiger partial charge in [-0.3, -0.25) is 9.36 Å². The molecule has 5 nitrogen and oxygen atoms in total. The number of alkyl halides is 3. The normalized spacial score (nSPS) is 15.3. The fourth-order valence-electron chi connectivity index (χ4n) is 4.34. The van der Waals surface area contributed by atoms with Gasteiger partial charge in [-0.2, -0.15) is 13.2 Å². The van der Waals surface area contributed by atoms with Crippen LogP contribution >= 0.6 is 0 Å². The van der Waals surface area contributed by atoms with Crippen molar-refractivity contribution in [3.63, 3.8) is 0 Å². The lowest BCUT2D eigenvalue weighted by molar-refractivity contribution is -0.138. The first kappa shape index (κ1) is 21.2. The molecule has 164 valence electrons. The molecule has 1 aromatic heterocycles. The van der Waals surface area contributed by atoms with Crippen LogP contribution in [0.3, 0.4) is 0 Å². The summed E-state index contributed by atoms with van der Waals surface area (Å²) in [6, 6.07) is 10.0. The summed E-state index contributed by atoms with van der Waals surface area (Å²) < 4.78 is 41.1. The maximum absolute atomic E-state index is 13.1. The summed E-state index contributed by atoms with van der Waals surface area (Å²) in [5.74, 6) is -0.0260. The lowest BCUT2D eigenvalue weighted by Gasteiger charge is -2.21. The molecular weight excluding hydrogens is 407 g/mol. The Labute approximate surface area is 177 Å². The van der Waals surface area contributed by atoms with Crippen molar-refractivity contribution in [1.29, 1.82) is 0 Å². The van der Waals surface area contributed by atoms with E-state index in [2.05, 4.69) is 10.3 Å². The average molecular weight is 431 g/mol. The molecule has 4 rings (SSSR count). The van der Waals surface area contributed by atoms with Gasteiger partial charge in [0.05, 0.1) is 16.6 Å². The lowest BCUT2D eigenvalue weighted by atomic mass is 9.89. The Hall–Kier alpha value is -3.03. The second-order valence-electron chi connectivity index (χ2n) is 8.11. The maximum Gasteiger partial charge on any atom is 0.416 e. The minimum Gasteiger partial charge on any atom is -0.348 e. The van der Waals surface area contributed by atoms with Gasteiger partial charge in [-0.1, -0.05) is 37.5 Å². The van der Waals surface area contributed by atoms with Crippen LogP contribution in [0.1, 0.15) is 53.6 Å². The van der Waals surface area contributed by atoms with E-state index in [1.807, 2.05) is 0 Å². The zero-order valence-corrected chi connectivity index (χ0v) is 17.0. The number of benzene rings is 2. The van der Waals surface area contributed by atoms with Crippen LogP contribution in [0.4, 0.5) is 13.2 Å². The number of hydrogen-bond donors (Lipinski definition) is 2. The van der Waals surface area contributed by atoms with Crippen LogP contribution in [0, 0.1) is 5.92 Å². The highest BCUT2D eigenvalue weighted by Crippen LogP contribution is 2.32. The molecule has 3 aromatic rings. The largest absolute Gasteiger partial charge is 0.416 e. The van der Waals surface area contributed by atoms with Gasteiger partial charge in [-0.05, 0) is 48.6 Å². The number of fused-ring (bicyclic) bond motifs is 1. The molecule has 2 aromatic carbocycles. The van der Waals surface area contributed by atoms with Gasteiger partial charge in [0.2, 0.25) is 0 Å². The Morgan fingerprint density at radius 3 is 2.58 bits per heavy atom. The molecule has 0 atom stereocenters. The predicted octanol–water partition coefficient (Wildman–Crippen LogP) is 4.86. The van der Waals surface area contributed by atoms with Crippen LogP contribution in [-0.4, -0.2) is 15.5 Å². The first-order chi connectivity index (χ1) is 14.8. The quantitative estimate of drug-likeness (QED) is 0.606. The van der Waals surface area contributed by atoms with E-state index in [-0.39, 0.29) is 23.4 Å². The standard InChI is InChI=1S/C23H24F3N3O2/c24-23(25,26)18-9-5-4-8-17(18)13-27-21(30)16-10-11-20-19(12-16)28-22(31)29(20)14-15-6-2-1-3-7-15/h4-5,8-12,15H,1-3,6-7,13-14H2,(H,27,30)(H,28,31). The van der Waals surface area contributed by atoms with Gasteiger partial charge in [-0.15, -0.1) is 0 Å². The molecule has 1 aliphatic rings. The van der Waals surface area contributed by atoms with E-state index < -0.39 is 17.6 Å². The van der Waals surface area contributed by atoms with Crippen LogP contribution in [0.15, 0.2) is 47.3 Å². The Balaban J connectivity index is 1.50. The highest BCUT2D eigenvalue weighted by atomic mass is 19.4. The molecule has 1 aliphatic carbocycles. The first-order valence-electron chi connectivity index (χ1n) is 10.5. The third kappa shape index (κ3) is 4.68. The van der Waals surface area contributed by atoms with E-state index in [0.29, 0.717) is 18.0 Å². The van der Waals surface area contributed by atoms with E-state index in [4.69, 9.17) is 0 Å². The van der Waals surface area contributed by atoms with Crippen LogP contribution in [0.5, 0.6) is 0 Å². The molecular formula is C23H24F3N3O2. The van der Waals surface area contributed by atoms with E-state index in [9.17, 15) is 22.8 Å².